The Kier molecular flexibility index (Phi) is 16.4. The van der Waals surface area contributed by atoms with Crippen LogP contribution in [-0.2, 0) is 30.4 Å². The first kappa shape index (κ1) is 49.0. The number of urea groups is 1. The summed E-state index contributed by atoms with van der Waals surface area (Å²) in [6.07, 6.45) is 0. The molecule has 0 radical (unpaired) electrons. The second kappa shape index (κ2) is 19.4. The number of carbonyl (C=O) groups is 1. The maximum atomic E-state index is 13.0. The van der Waals surface area contributed by atoms with E-state index in [-0.39, 0.29) is 133 Å². The fraction of sp³-hybridized carbons (Fsp3) is 0.0294. The Morgan fingerprint density at radius 3 is 1.47 bits per heavy atom. The number of nitrogens with one attached hydrogen (secondary N) is 2. The molecule has 0 heterocycles. The summed E-state index contributed by atoms with van der Waals surface area (Å²) in [4.78, 5) is 10.6. The number of benzene rings is 6. The number of fused-ring (bicyclic) bond motifs is 2. The molecule has 18 nitrogen and oxygen atoms in total. The number of rotatable bonds is 9. The van der Waals surface area contributed by atoms with Crippen LogP contribution in [0.5, 0.6) is 11.5 Å². The third-order valence-corrected chi connectivity index (χ3v) is 10.4. The van der Waals surface area contributed by atoms with Crippen molar-refractivity contribution in [1.82, 2.24) is 0 Å². The molecule has 0 spiro atoms. The van der Waals surface area contributed by atoms with Gasteiger partial charge < -0.3 is 34.5 Å². The predicted molar refractivity (Wildman–Crippen MR) is 194 cm³/mol. The number of amides is 2. The van der Waals surface area contributed by atoms with Crippen LogP contribution in [0.15, 0.2) is 132 Å². The van der Waals surface area contributed by atoms with Gasteiger partial charge in [-0.15, -0.1) is 10.2 Å². The van der Waals surface area contributed by atoms with Crippen LogP contribution in [0.4, 0.5) is 38.9 Å². The first-order valence-corrected chi connectivity index (χ1v) is 19.6. The van der Waals surface area contributed by atoms with Gasteiger partial charge >= 0.3 is 94.7 Å². The standard InChI is InChI=1S/C34H26N6O12S3.3Na/c1-18-13-24(53(44,45)46)9-12-27(18)38-40-31-29(55(50,51)52)17-20-15-23(8-11-26(20)33(31)42)36-34(43)35-22-7-10-25-19(14-22)16-28(54(47,48)49)30(32(25)41)39-37-21-5-3-2-4-6-21;;;/h2-17,41-42H,1H3,(H2,35,36,43)(H,44,45,46)(H,47,48,49)(H,50,51,52);;;/q;3*+1/p-3. The molecule has 6 aromatic rings. The molecular weight excluding hydrogens is 850 g/mol. The molecule has 24 heteroatoms. The summed E-state index contributed by atoms with van der Waals surface area (Å²) in [5.41, 5.74) is -0.653. The molecule has 2 amide bonds. The molecule has 0 atom stereocenters. The number of hydrogen-bond donors (Lipinski definition) is 4. The largest absolute Gasteiger partial charge is 1.00 e. The Morgan fingerprint density at radius 2 is 1.03 bits per heavy atom. The third kappa shape index (κ3) is 11.3. The minimum atomic E-state index is -5.29. The zero-order chi connectivity index (χ0) is 39.9. The molecule has 6 rings (SSSR count). The monoisotopic (exact) mass is 872 g/mol. The number of phenolic OH excluding ortho intramolecular Hbond substituents is 2. The van der Waals surface area contributed by atoms with E-state index < -0.39 is 73.9 Å². The van der Waals surface area contributed by atoms with Crippen molar-refractivity contribution in [3.05, 3.63) is 103 Å². The first-order valence-electron chi connectivity index (χ1n) is 15.3. The van der Waals surface area contributed by atoms with Crippen LogP contribution in [0.1, 0.15) is 5.56 Å². The van der Waals surface area contributed by atoms with Gasteiger partial charge in [0.15, 0.2) is 11.5 Å². The fourth-order valence-corrected chi connectivity index (χ4v) is 7.18. The Bertz CT molecular complexity index is 2980. The second-order valence-corrected chi connectivity index (χ2v) is 15.7. The minimum absolute atomic E-state index is 0. The van der Waals surface area contributed by atoms with Crippen LogP contribution in [0.2, 0.25) is 0 Å². The van der Waals surface area contributed by atoms with Crippen molar-refractivity contribution < 1.29 is 143 Å². The fourth-order valence-electron chi connectivity index (χ4n) is 5.33. The molecular formula is C34H23N6Na3O12S3. The number of anilines is 2. The van der Waals surface area contributed by atoms with Gasteiger partial charge in [-0.1, -0.05) is 18.2 Å². The molecule has 0 saturated heterocycles. The molecule has 0 aliphatic rings. The first-order chi connectivity index (χ1) is 25.8. The Hall–Kier alpha value is -3.36. The van der Waals surface area contributed by atoms with Crippen LogP contribution in [-0.4, -0.2) is 55.2 Å². The van der Waals surface area contributed by atoms with Crippen LogP contribution >= 0.6 is 0 Å². The van der Waals surface area contributed by atoms with E-state index in [2.05, 4.69) is 31.1 Å². The maximum Gasteiger partial charge on any atom is 1.00 e. The van der Waals surface area contributed by atoms with Gasteiger partial charge in [0, 0.05) is 22.1 Å². The molecule has 58 heavy (non-hydrogen) atoms. The molecule has 0 aliphatic carbocycles. The van der Waals surface area contributed by atoms with Crippen LogP contribution in [0.3, 0.4) is 0 Å². The van der Waals surface area contributed by atoms with E-state index in [1.54, 1.807) is 30.3 Å². The molecule has 0 bridgehead atoms. The van der Waals surface area contributed by atoms with Gasteiger partial charge in [0.25, 0.3) is 0 Å². The average molecular weight is 873 g/mol. The van der Waals surface area contributed by atoms with Gasteiger partial charge in [-0.25, -0.2) is 30.0 Å². The minimum Gasteiger partial charge on any atom is -0.744 e. The van der Waals surface area contributed by atoms with Gasteiger partial charge in [0.2, 0.25) is 0 Å². The number of hydrogen-bond acceptors (Lipinski definition) is 16. The molecule has 0 aromatic heterocycles. The quantitative estimate of drug-likeness (QED) is 0.0691. The van der Waals surface area contributed by atoms with E-state index in [0.29, 0.717) is 5.69 Å². The summed E-state index contributed by atoms with van der Waals surface area (Å²) >= 11 is 0. The second-order valence-electron chi connectivity index (χ2n) is 11.6. The summed E-state index contributed by atoms with van der Waals surface area (Å²) in [6.45, 7) is 1.40. The van der Waals surface area contributed by atoms with Crippen molar-refractivity contribution >= 4 is 92.1 Å². The van der Waals surface area contributed by atoms with Crippen LogP contribution < -0.4 is 99.3 Å². The van der Waals surface area contributed by atoms with Crippen LogP contribution in [0, 0.1) is 6.92 Å². The van der Waals surface area contributed by atoms with Crippen molar-refractivity contribution in [2.45, 2.75) is 21.6 Å². The summed E-state index contributed by atoms with van der Waals surface area (Å²) in [7, 11) is -15.2. The summed E-state index contributed by atoms with van der Waals surface area (Å²) in [5, 5.41) is 42.2. The molecule has 0 aliphatic heterocycles. The number of aromatic hydroxyl groups is 2. The topological polar surface area (TPSA) is 303 Å². The SMILES string of the molecule is Cc1cc(S(=O)(=O)[O-])ccc1N=Nc1c(S(=O)(=O)[O-])cc2cc(NC(=O)Nc3ccc4c(O)c(N=Nc5ccccc5)c(S(=O)(=O)[O-])cc4c3)ccc2c1O.[Na+].[Na+].[Na+]. The molecule has 282 valence electrons. The van der Waals surface area contributed by atoms with Crippen molar-refractivity contribution in [1.29, 1.82) is 0 Å². The van der Waals surface area contributed by atoms with Crippen molar-refractivity contribution in [2.24, 2.45) is 20.5 Å². The van der Waals surface area contributed by atoms with E-state index in [4.69, 9.17) is 0 Å². The van der Waals surface area contributed by atoms with Crippen molar-refractivity contribution in [2.75, 3.05) is 10.6 Å². The van der Waals surface area contributed by atoms with E-state index >= 15 is 0 Å². The number of nitrogens with zero attached hydrogens (tertiary/aromatic N) is 4. The molecule has 6 aromatic carbocycles. The Morgan fingerprint density at radius 1 is 0.569 bits per heavy atom. The summed E-state index contributed by atoms with van der Waals surface area (Å²) in [5.74, 6) is -1.40. The van der Waals surface area contributed by atoms with Crippen molar-refractivity contribution in [3.63, 3.8) is 0 Å². The Balaban J connectivity index is 0.00000300. The third-order valence-electron chi connectivity index (χ3n) is 7.89. The normalized spacial score (nSPS) is 11.9. The van der Waals surface area contributed by atoms with E-state index in [1.807, 2.05) is 0 Å². The molecule has 0 fully saturated rings. The smallest absolute Gasteiger partial charge is 0.744 e. The van der Waals surface area contributed by atoms with Gasteiger partial charge in [0.05, 0.1) is 26.1 Å². The number of azo groups is 2. The van der Waals surface area contributed by atoms with Gasteiger partial charge in [-0.3, -0.25) is 0 Å². The predicted octanol–water partition coefficient (Wildman–Crippen LogP) is -2.09. The van der Waals surface area contributed by atoms with Crippen molar-refractivity contribution in [3.8, 4) is 11.5 Å². The average Bonchev–Trinajstić information content (AvgIpc) is 3.10. The summed E-state index contributed by atoms with van der Waals surface area (Å²) in [6, 6.07) is 20.1. The molecule has 4 N–H and O–H groups in total. The molecule has 0 saturated carbocycles. The summed E-state index contributed by atoms with van der Waals surface area (Å²) < 4.78 is 107. The van der Waals surface area contributed by atoms with E-state index in [0.717, 1.165) is 30.3 Å². The van der Waals surface area contributed by atoms with Gasteiger partial charge in [-0.2, -0.15) is 10.2 Å². The number of phenols is 2. The van der Waals surface area contributed by atoms with E-state index in [1.165, 1.54) is 43.3 Å². The zero-order valence-corrected chi connectivity index (χ0v) is 39.2. The number of carbonyl (C=O) groups excluding carboxylic acids is 1. The van der Waals surface area contributed by atoms with E-state index in [9.17, 15) is 53.9 Å². The molecule has 0 unspecified atom stereocenters. The zero-order valence-electron chi connectivity index (χ0n) is 30.7. The Labute approximate surface area is 397 Å². The number of aryl methyl sites for hydroxylation is 1. The van der Waals surface area contributed by atoms with Crippen LogP contribution in [0.25, 0.3) is 21.5 Å². The van der Waals surface area contributed by atoms with Gasteiger partial charge in [-0.05, 0) is 102 Å². The van der Waals surface area contributed by atoms with Gasteiger partial charge in [0.1, 0.15) is 41.7 Å². The maximum absolute atomic E-state index is 13.0.